The monoisotopic (exact) mass is 285 g/mol. The van der Waals surface area contributed by atoms with Crippen molar-refractivity contribution in [2.24, 2.45) is 0 Å². The molecule has 2 N–H and O–H groups in total. The number of hydrogen-bond acceptors (Lipinski definition) is 3. The first-order valence-corrected chi connectivity index (χ1v) is 6.34. The van der Waals surface area contributed by atoms with Crippen molar-refractivity contribution < 1.29 is 19.1 Å². The minimum atomic E-state index is -1.02. The average Bonchev–Trinajstić information content (AvgIpc) is 2.86. The molecule has 0 aliphatic carbocycles. The number of aliphatic carboxylic acids is 1. The summed E-state index contributed by atoms with van der Waals surface area (Å²) in [4.78, 5) is 22.7. The lowest BCUT2D eigenvalue weighted by atomic mass is 10.1. The van der Waals surface area contributed by atoms with Crippen molar-refractivity contribution in [3.05, 3.63) is 59.1 Å². The number of carbonyl (C=O) groups excluding carboxylic acids is 1. The van der Waals surface area contributed by atoms with E-state index in [-0.39, 0.29) is 5.91 Å². The fraction of sp³-hybridized carbons (Fsp3) is 0.125. The minimum Gasteiger partial charge on any atom is -0.478 e. The van der Waals surface area contributed by atoms with E-state index in [9.17, 15) is 9.59 Å². The van der Waals surface area contributed by atoms with Crippen LogP contribution in [0.15, 0.2) is 41.0 Å². The molecular formula is C16H15NO4. The summed E-state index contributed by atoms with van der Waals surface area (Å²) in [6, 6.07) is 6.93. The van der Waals surface area contributed by atoms with Gasteiger partial charge in [-0.05, 0) is 43.2 Å². The quantitative estimate of drug-likeness (QED) is 0.845. The fourth-order valence-corrected chi connectivity index (χ4v) is 1.86. The van der Waals surface area contributed by atoms with Crippen LogP contribution in [0.1, 0.15) is 27.2 Å². The summed E-state index contributed by atoms with van der Waals surface area (Å²) >= 11 is 0. The fourth-order valence-electron chi connectivity index (χ4n) is 1.86. The molecule has 0 unspecified atom stereocenters. The second-order valence-corrected chi connectivity index (χ2v) is 4.59. The Balaban J connectivity index is 2.23. The first kappa shape index (κ1) is 14.6. The minimum absolute atomic E-state index is 0.260. The zero-order valence-electron chi connectivity index (χ0n) is 11.7. The van der Waals surface area contributed by atoms with Gasteiger partial charge in [-0.3, -0.25) is 4.79 Å². The third-order valence-corrected chi connectivity index (χ3v) is 3.03. The van der Waals surface area contributed by atoms with Gasteiger partial charge in [0.1, 0.15) is 5.76 Å². The zero-order valence-corrected chi connectivity index (χ0v) is 11.7. The van der Waals surface area contributed by atoms with E-state index in [1.165, 1.54) is 12.3 Å². The van der Waals surface area contributed by atoms with Crippen LogP contribution in [0.5, 0.6) is 0 Å². The lowest BCUT2D eigenvalue weighted by Gasteiger charge is -2.09. The van der Waals surface area contributed by atoms with E-state index >= 15 is 0 Å². The van der Waals surface area contributed by atoms with Crippen LogP contribution in [0.4, 0.5) is 5.69 Å². The molecular weight excluding hydrogens is 270 g/mol. The maximum Gasteiger partial charge on any atom is 0.328 e. The van der Waals surface area contributed by atoms with Gasteiger partial charge >= 0.3 is 5.97 Å². The smallest absolute Gasteiger partial charge is 0.328 e. The van der Waals surface area contributed by atoms with E-state index in [4.69, 9.17) is 9.52 Å². The summed E-state index contributed by atoms with van der Waals surface area (Å²) in [5.74, 6) is -0.731. The summed E-state index contributed by atoms with van der Waals surface area (Å²) in [6.45, 7) is 3.58. The third-order valence-electron chi connectivity index (χ3n) is 3.03. The van der Waals surface area contributed by atoms with E-state index in [0.717, 1.165) is 11.6 Å². The van der Waals surface area contributed by atoms with E-state index in [1.54, 1.807) is 25.1 Å². The van der Waals surface area contributed by atoms with Gasteiger partial charge < -0.3 is 14.8 Å². The Morgan fingerprint density at radius 1 is 1.24 bits per heavy atom. The van der Waals surface area contributed by atoms with Crippen molar-refractivity contribution >= 4 is 23.6 Å². The highest BCUT2D eigenvalue weighted by atomic mass is 16.4. The Bertz CT molecular complexity index is 713. The normalized spacial score (nSPS) is 10.8. The summed E-state index contributed by atoms with van der Waals surface area (Å²) in [5.41, 5.74) is 2.69. The van der Waals surface area contributed by atoms with Crippen LogP contribution in [0.2, 0.25) is 0 Å². The van der Waals surface area contributed by atoms with Gasteiger partial charge in [0.15, 0.2) is 0 Å². The van der Waals surface area contributed by atoms with Crippen LogP contribution < -0.4 is 5.32 Å². The highest BCUT2D eigenvalue weighted by Crippen LogP contribution is 2.20. The van der Waals surface area contributed by atoms with Gasteiger partial charge in [0, 0.05) is 11.8 Å². The maximum atomic E-state index is 12.1. The lowest BCUT2D eigenvalue weighted by molar-refractivity contribution is -0.131. The molecule has 2 rings (SSSR count). The van der Waals surface area contributed by atoms with Crippen molar-refractivity contribution in [1.29, 1.82) is 0 Å². The first-order valence-electron chi connectivity index (χ1n) is 6.34. The number of benzene rings is 1. The largest absolute Gasteiger partial charge is 0.478 e. The molecule has 0 saturated carbocycles. The number of rotatable bonds is 4. The molecule has 0 saturated heterocycles. The van der Waals surface area contributed by atoms with E-state index in [0.29, 0.717) is 22.6 Å². The number of carbonyl (C=O) groups is 2. The molecule has 2 aromatic rings. The second-order valence-electron chi connectivity index (χ2n) is 4.59. The van der Waals surface area contributed by atoms with Gasteiger partial charge in [0.2, 0.25) is 0 Å². The van der Waals surface area contributed by atoms with Crippen molar-refractivity contribution in [1.82, 2.24) is 0 Å². The Morgan fingerprint density at radius 2 is 2.00 bits per heavy atom. The SMILES string of the molecule is Cc1ccc(C=CC(=O)O)cc1NC(=O)c1ccoc1C. The highest BCUT2D eigenvalue weighted by Gasteiger charge is 2.12. The van der Waals surface area contributed by atoms with Crippen molar-refractivity contribution in [3.8, 4) is 0 Å². The second kappa shape index (κ2) is 6.09. The predicted octanol–water partition coefficient (Wildman–Crippen LogP) is 3.25. The molecule has 0 aliphatic heterocycles. The Kier molecular flexibility index (Phi) is 4.23. The molecule has 0 aliphatic rings. The number of amides is 1. The molecule has 21 heavy (non-hydrogen) atoms. The Labute approximate surface area is 121 Å². The van der Waals surface area contributed by atoms with E-state index in [2.05, 4.69) is 5.32 Å². The molecule has 0 spiro atoms. The van der Waals surface area contributed by atoms with Crippen LogP contribution in [0, 0.1) is 13.8 Å². The van der Waals surface area contributed by atoms with Gasteiger partial charge in [0.05, 0.1) is 11.8 Å². The summed E-state index contributed by atoms with van der Waals surface area (Å²) in [7, 11) is 0. The number of hydrogen-bond donors (Lipinski definition) is 2. The first-order chi connectivity index (χ1) is 9.97. The van der Waals surface area contributed by atoms with Crippen LogP contribution >= 0.6 is 0 Å². The number of carboxylic acids is 1. The van der Waals surface area contributed by atoms with E-state index < -0.39 is 5.97 Å². The van der Waals surface area contributed by atoms with Crippen molar-refractivity contribution in [2.75, 3.05) is 5.32 Å². The van der Waals surface area contributed by atoms with Crippen LogP contribution in [0.25, 0.3) is 6.08 Å². The van der Waals surface area contributed by atoms with E-state index in [1.807, 2.05) is 13.0 Å². The van der Waals surface area contributed by atoms with Gasteiger partial charge in [-0.2, -0.15) is 0 Å². The van der Waals surface area contributed by atoms with Crippen molar-refractivity contribution in [3.63, 3.8) is 0 Å². The standard InChI is InChI=1S/C16H15NO4/c1-10-3-4-12(5-6-15(18)19)9-14(10)17-16(20)13-7-8-21-11(13)2/h3-9H,1-2H3,(H,17,20)(H,18,19). The summed E-state index contributed by atoms with van der Waals surface area (Å²) in [6.07, 6.45) is 3.99. The molecule has 0 bridgehead atoms. The lowest BCUT2D eigenvalue weighted by Crippen LogP contribution is -2.13. The molecule has 0 atom stereocenters. The van der Waals surface area contributed by atoms with Crippen LogP contribution in [0.3, 0.4) is 0 Å². The molecule has 1 amide bonds. The predicted molar refractivity (Wildman–Crippen MR) is 79.2 cm³/mol. The van der Waals surface area contributed by atoms with Crippen LogP contribution in [-0.4, -0.2) is 17.0 Å². The van der Waals surface area contributed by atoms with Gasteiger partial charge in [-0.1, -0.05) is 12.1 Å². The number of carboxylic acid groups (broad SMARTS) is 1. The molecule has 0 fully saturated rings. The zero-order chi connectivity index (χ0) is 15.4. The molecule has 0 radical (unpaired) electrons. The molecule has 1 aromatic heterocycles. The maximum absolute atomic E-state index is 12.1. The van der Waals surface area contributed by atoms with Crippen LogP contribution in [-0.2, 0) is 4.79 Å². The number of anilines is 1. The third kappa shape index (κ3) is 3.60. The van der Waals surface area contributed by atoms with Gasteiger partial charge in [0.25, 0.3) is 5.91 Å². The van der Waals surface area contributed by atoms with Gasteiger partial charge in [-0.25, -0.2) is 4.79 Å². The molecule has 5 heteroatoms. The Morgan fingerprint density at radius 3 is 2.62 bits per heavy atom. The number of furan rings is 1. The Hall–Kier alpha value is -2.82. The average molecular weight is 285 g/mol. The molecule has 1 heterocycles. The topological polar surface area (TPSA) is 79.5 Å². The molecule has 108 valence electrons. The summed E-state index contributed by atoms with van der Waals surface area (Å²) in [5, 5.41) is 11.4. The molecule has 1 aromatic carbocycles. The van der Waals surface area contributed by atoms with Gasteiger partial charge in [-0.15, -0.1) is 0 Å². The summed E-state index contributed by atoms with van der Waals surface area (Å²) < 4.78 is 5.10. The molecule has 5 nitrogen and oxygen atoms in total. The van der Waals surface area contributed by atoms with Crippen molar-refractivity contribution in [2.45, 2.75) is 13.8 Å². The number of aryl methyl sites for hydroxylation is 2. The number of nitrogens with one attached hydrogen (secondary N) is 1. The highest BCUT2D eigenvalue weighted by molar-refractivity contribution is 6.05.